The number of halogens is 1. The van der Waals surface area contributed by atoms with E-state index >= 15 is 0 Å². The Hall–Kier alpha value is -1.16. The van der Waals surface area contributed by atoms with Crippen LogP contribution in [0.25, 0.3) is 0 Å². The minimum Gasteiger partial charge on any atom is -0.467 e. The molecule has 4 aliphatic rings. The molecule has 0 aromatic heterocycles. The summed E-state index contributed by atoms with van der Waals surface area (Å²) < 4.78 is 6.20. The van der Waals surface area contributed by atoms with Crippen molar-refractivity contribution >= 4 is 28.1 Å². The van der Waals surface area contributed by atoms with Gasteiger partial charge in [0, 0.05) is 16.1 Å². The summed E-state index contributed by atoms with van der Waals surface area (Å²) in [4.78, 5) is 17.3. The van der Waals surface area contributed by atoms with Crippen LogP contribution in [-0.2, 0) is 9.53 Å². The topological polar surface area (TPSA) is 38.7 Å². The Bertz CT molecular complexity index is 617. The Morgan fingerprint density at radius 1 is 1.17 bits per heavy atom. The minimum atomic E-state index is -0.348. The predicted octanol–water partition coefficient (Wildman–Crippen LogP) is 4.63. The zero-order valence-electron chi connectivity index (χ0n) is 14.1. The average molecular weight is 390 g/mol. The molecule has 0 amide bonds. The quantitative estimate of drug-likeness (QED) is 0.556. The van der Waals surface area contributed by atoms with Crippen molar-refractivity contribution in [1.82, 2.24) is 0 Å². The first-order chi connectivity index (χ1) is 11.6. The van der Waals surface area contributed by atoms with Gasteiger partial charge in [-0.3, -0.25) is 4.99 Å². The first kappa shape index (κ1) is 16.3. The van der Waals surface area contributed by atoms with E-state index in [1.54, 1.807) is 0 Å². The SMILES string of the molecule is COC(=O)C(N=Cc1ccc(Br)cc1)C12CC3CC(CC(C3)C1)C2. The third-order valence-corrected chi connectivity index (χ3v) is 6.86. The second kappa shape index (κ2) is 6.29. The summed E-state index contributed by atoms with van der Waals surface area (Å²) in [5.74, 6) is 2.23. The third-order valence-electron chi connectivity index (χ3n) is 6.33. The molecule has 128 valence electrons. The van der Waals surface area contributed by atoms with Crippen LogP contribution in [-0.4, -0.2) is 25.3 Å². The van der Waals surface area contributed by atoms with Crippen molar-refractivity contribution in [1.29, 1.82) is 0 Å². The van der Waals surface area contributed by atoms with E-state index in [1.807, 2.05) is 30.5 Å². The maximum absolute atomic E-state index is 12.6. The molecule has 4 fully saturated rings. The molecule has 0 N–H and O–H groups in total. The molecule has 4 heteroatoms. The van der Waals surface area contributed by atoms with E-state index in [9.17, 15) is 4.79 Å². The number of hydrogen-bond acceptors (Lipinski definition) is 3. The number of esters is 1. The maximum atomic E-state index is 12.6. The van der Waals surface area contributed by atoms with Gasteiger partial charge < -0.3 is 4.74 Å². The van der Waals surface area contributed by atoms with Gasteiger partial charge in [0.05, 0.1) is 7.11 Å². The van der Waals surface area contributed by atoms with Gasteiger partial charge in [-0.25, -0.2) is 4.79 Å². The minimum absolute atomic E-state index is 0.0354. The zero-order chi connectivity index (χ0) is 16.7. The van der Waals surface area contributed by atoms with Gasteiger partial charge in [-0.2, -0.15) is 0 Å². The van der Waals surface area contributed by atoms with Gasteiger partial charge in [-0.05, 0) is 74.0 Å². The Balaban J connectivity index is 1.62. The van der Waals surface area contributed by atoms with Crippen LogP contribution in [0.2, 0.25) is 0 Å². The lowest BCUT2D eigenvalue weighted by atomic mass is 9.47. The molecular weight excluding hydrogens is 366 g/mol. The van der Waals surface area contributed by atoms with Crippen molar-refractivity contribution < 1.29 is 9.53 Å². The van der Waals surface area contributed by atoms with E-state index in [0.29, 0.717) is 0 Å². The normalized spacial score (nSPS) is 35.3. The fourth-order valence-electron chi connectivity index (χ4n) is 5.80. The lowest BCUT2D eigenvalue weighted by molar-refractivity contribution is -0.152. The number of carbonyl (C=O) groups is 1. The van der Waals surface area contributed by atoms with E-state index in [-0.39, 0.29) is 17.4 Å². The number of aliphatic imine (C=N–C) groups is 1. The molecule has 4 saturated carbocycles. The summed E-state index contributed by atoms with van der Waals surface area (Å²) in [6, 6.07) is 7.68. The molecule has 0 spiro atoms. The second-order valence-electron chi connectivity index (χ2n) is 8.04. The van der Waals surface area contributed by atoms with Crippen LogP contribution in [0.4, 0.5) is 0 Å². The van der Waals surface area contributed by atoms with Gasteiger partial charge in [0.2, 0.25) is 0 Å². The highest BCUT2D eigenvalue weighted by molar-refractivity contribution is 9.10. The number of ether oxygens (including phenoxy) is 1. The number of carbonyl (C=O) groups excluding carboxylic acids is 1. The van der Waals surface area contributed by atoms with Crippen molar-refractivity contribution in [3.63, 3.8) is 0 Å². The molecule has 0 heterocycles. The molecule has 1 aromatic carbocycles. The van der Waals surface area contributed by atoms with Crippen LogP contribution >= 0.6 is 15.9 Å². The molecule has 1 aromatic rings. The molecule has 1 unspecified atom stereocenters. The summed E-state index contributed by atoms with van der Waals surface area (Å²) in [6.07, 6.45) is 9.40. The first-order valence-electron chi connectivity index (χ1n) is 8.94. The van der Waals surface area contributed by atoms with Crippen LogP contribution in [0.3, 0.4) is 0 Å². The zero-order valence-corrected chi connectivity index (χ0v) is 15.7. The molecule has 0 saturated heterocycles. The highest BCUT2D eigenvalue weighted by Gasteiger charge is 2.56. The van der Waals surface area contributed by atoms with Gasteiger partial charge in [0.1, 0.15) is 0 Å². The van der Waals surface area contributed by atoms with Crippen LogP contribution in [0, 0.1) is 23.2 Å². The van der Waals surface area contributed by atoms with E-state index < -0.39 is 0 Å². The van der Waals surface area contributed by atoms with Crippen molar-refractivity contribution in [2.75, 3.05) is 7.11 Å². The molecule has 5 rings (SSSR count). The van der Waals surface area contributed by atoms with Crippen LogP contribution in [0.5, 0.6) is 0 Å². The van der Waals surface area contributed by atoms with E-state index in [1.165, 1.54) is 26.4 Å². The molecular formula is C20H24BrNO2. The van der Waals surface area contributed by atoms with E-state index in [0.717, 1.165) is 47.1 Å². The number of methoxy groups -OCH3 is 1. The summed E-state index contributed by atoms with van der Waals surface area (Å²) in [6.45, 7) is 0. The maximum Gasteiger partial charge on any atom is 0.331 e. The van der Waals surface area contributed by atoms with Crippen LogP contribution in [0.15, 0.2) is 33.7 Å². The summed E-state index contributed by atoms with van der Waals surface area (Å²) in [5.41, 5.74) is 1.06. The monoisotopic (exact) mass is 389 g/mol. The lowest BCUT2D eigenvalue weighted by Gasteiger charge is -2.58. The standard InChI is InChI=1S/C20H24BrNO2/c1-24-19(23)18(22-12-13-2-4-17(21)5-3-13)20-9-14-6-15(10-20)8-16(7-14)11-20/h2-5,12,14-16,18H,6-11H2,1H3. The fraction of sp³-hybridized carbons (Fsp3) is 0.600. The summed E-state index contributed by atoms with van der Waals surface area (Å²) in [7, 11) is 1.49. The van der Waals surface area contributed by atoms with Crippen LogP contribution in [0.1, 0.15) is 44.1 Å². The van der Waals surface area contributed by atoms with Gasteiger partial charge in [0.15, 0.2) is 6.04 Å². The Morgan fingerprint density at radius 3 is 2.21 bits per heavy atom. The molecule has 4 bridgehead atoms. The lowest BCUT2D eigenvalue weighted by Crippen LogP contribution is -2.53. The summed E-state index contributed by atoms with van der Waals surface area (Å²) >= 11 is 3.45. The molecule has 1 atom stereocenters. The third kappa shape index (κ3) is 2.94. The van der Waals surface area contributed by atoms with E-state index in [2.05, 4.69) is 15.9 Å². The Labute approximate surface area is 152 Å². The molecule has 3 nitrogen and oxygen atoms in total. The highest BCUT2D eigenvalue weighted by atomic mass is 79.9. The van der Waals surface area contributed by atoms with Crippen molar-refractivity contribution in [3.05, 3.63) is 34.3 Å². The number of nitrogens with zero attached hydrogens (tertiary/aromatic N) is 1. The fourth-order valence-corrected chi connectivity index (χ4v) is 6.07. The number of rotatable bonds is 4. The average Bonchev–Trinajstić information content (AvgIpc) is 2.55. The van der Waals surface area contributed by atoms with Crippen LogP contribution < -0.4 is 0 Å². The molecule has 0 radical (unpaired) electrons. The number of hydrogen-bond donors (Lipinski definition) is 0. The summed E-state index contributed by atoms with van der Waals surface area (Å²) in [5, 5.41) is 0. The second-order valence-corrected chi connectivity index (χ2v) is 8.95. The predicted molar refractivity (Wildman–Crippen MR) is 98.1 cm³/mol. The molecule has 0 aliphatic heterocycles. The van der Waals surface area contributed by atoms with Gasteiger partial charge >= 0.3 is 5.97 Å². The highest BCUT2D eigenvalue weighted by Crippen LogP contribution is 2.61. The van der Waals surface area contributed by atoms with Crippen molar-refractivity contribution in [2.45, 2.75) is 44.6 Å². The smallest absolute Gasteiger partial charge is 0.331 e. The largest absolute Gasteiger partial charge is 0.467 e. The molecule has 24 heavy (non-hydrogen) atoms. The van der Waals surface area contributed by atoms with Crippen molar-refractivity contribution in [3.8, 4) is 0 Å². The first-order valence-corrected chi connectivity index (χ1v) is 9.74. The Morgan fingerprint density at radius 2 is 1.71 bits per heavy atom. The molecule has 4 aliphatic carbocycles. The van der Waals surface area contributed by atoms with Crippen molar-refractivity contribution in [2.24, 2.45) is 28.2 Å². The Kier molecular flexibility index (Phi) is 4.27. The van der Waals surface area contributed by atoms with Gasteiger partial charge in [0.25, 0.3) is 0 Å². The number of benzene rings is 1. The van der Waals surface area contributed by atoms with Gasteiger partial charge in [-0.1, -0.05) is 28.1 Å². The van der Waals surface area contributed by atoms with Gasteiger partial charge in [-0.15, -0.1) is 0 Å². The van der Waals surface area contributed by atoms with E-state index in [4.69, 9.17) is 9.73 Å².